The van der Waals surface area contributed by atoms with E-state index in [1.165, 1.54) is 11.3 Å². The second-order valence-corrected chi connectivity index (χ2v) is 6.22. The highest BCUT2D eigenvalue weighted by Gasteiger charge is 2.39. The smallest absolute Gasteiger partial charge is 0.265 e. The normalized spacial score (nSPS) is 26.4. The third kappa shape index (κ3) is 2.66. The molecule has 2 unspecified atom stereocenters. The summed E-state index contributed by atoms with van der Waals surface area (Å²) in [5.41, 5.74) is 5.47. The Balaban J connectivity index is 2.16. The van der Waals surface area contributed by atoms with Crippen molar-refractivity contribution in [2.75, 3.05) is 31.3 Å². The van der Waals surface area contributed by atoms with Gasteiger partial charge >= 0.3 is 0 Å². The number of carbonyl (C=O) groups is 1. The molecule has 0 aliphatic carbocycles. The number of thiazole rings is 1. The van der Waals surface area contributed by atoms with Gasteiger partial charge in [-0.1, -0.05) is 11.3 Å². The fourth-order valence-corrected chi connectivity index (χ4v) is 2.79. The van der Waals surface area contributed by atoms with E-state index < -0.39 is 0 Å². The number of ether oxygens (including phenoxy) is 1. The van der Waals surface area contributed by atoms with Crippen LogP contribution in [-0.2, 0) is 4.74 Å². The van der Waals surface area contributed by atoms with Gasteiger partial charge in [0.2, 0.25) is 0 Å². The molecule has 2 heterocycles. The van der Waals surface area contributed by atoms with Crippen molar-refractivity contribution in [3.8, 4) is 0 Å². The maximum Gasteiger partial charge on any atom is 0.265 e. The third-order valence-corrected chi connectivity index (χ3v) is 4.75. The highest BCUT2D eigenvalue weighted by Crippen LogP contribution is 2.29. The number of nitrogens with two attached hydrogens (primary N) is 1. The van der Waals surface area contributed by atoms with Crippen LogP contribution in [0, 0.1) is 0 Å². The van der Waals surface area contributed by atoms with Crippen molar-refractivity contribution in [1.82, 2.24) is 10.3 Å². The van der Waals surface area contributed by atoms with Gasteiger partial charge in [0.05, 0.1) is 11.6 Å². The first kappa shape index (κ1) is 14.1. The van der Waals surface area contributed by atoms with Gasteiger partial charge in [0.25, 0.3) is 5.91 Å². The number of hydrogen-bond acceptors (Lipinski definition) is 6. The molecule has 7 heteroatoms. The summed E-state index contributed by atoms with van der Waals surface area (Å²) in [6, 6.07) is 0. The summed E-state index contributed by atoms with van der Waals surface area (Å²) in [6.07, 6.45) is 0.804. The molecular weight excluding hydrogens is 264 g/mol. The molecule has 1 amide bonds. The van der Waals surface area contributed by atoms with Crippen LogP contribution in [0.15, 0.2) is 0 Å². The first-order valence-corrected chi connectivity index (χ1v) is 7.03. The maximum absolute atomic E-state index is 12.3. The lowest BCUT2D eigenvalue weighted by molar-refractivity contribution is 0.0730. The first-order valence-electron chi connectivity index (χ1n) is 6.21. The molecule has 0 bridgehead atoms. The number of anilines is 2. The van der Waals surface area contributed by atoms with Gasteiger partial charge in [0.15, 0.2) is 5.13 Å². The van der Waals surface area contributed by atoms with Gasteiger partial charge in [-0.15, -0.1) is 0 Å². The molecule has 1 saturated heterocycles. The van der Waals surface area contributed by atoms with Gasteiger partial charge in [-0.05, 0) is 20.3 Å². The van der Waals surface area contributed by atoms with Crippen LogP contribution in [-0.4, -0.2) is 43.2 Å². The standard InChI is InChI=1S/C12H20N4O2S/c1-7-12(2,5-6-18-7)15-10(17)8-9(13)14-11(19-8)16(3)4/h7H,5-6,13H2,1-4H3,(H,15,17). The summed E-state index contributed by atoms with van der Waals surface area (Å²) >= 11 is 1.30. The summed E-state index contributed by atoms with van der Waals surface area (Å²) in [6.45, 7) is 4.63. The van der Waals surface area contributed by atoms with E-state index in [1.807, 2.05) is 32.8 Å². The third-order valence-electron chi connectivity index (χ3n) is 3.52. The Morgan fingerprint density at radius 2 is 2.32 bits per heavy atom. The van der Waals surface area contributed by atoms with Crippen LogP contribution < -0.4 is 16.0 Å². The van der Waals surface area contributed by atoms with Crippen molar-refractivity contribution in [1.29, 1.82) is 0 Å². The number of nitrogens with one attached hydrogen (secondary N) is 1. The van der Waals surface area contributed by atoms with Crippen LogP contribution in [0.25, 0.3) is 0 Å². The van der Waals surface area contributed by atoms with Crippen molar-refractivity contribution in [2.45, 2.75) is 31.9 Å². The minimum atomic E-state index is -0.341. The molecule has 2 rings (SSSR count). The van der Waals surface area contributed by atoms with Crippen LogP contribution in [0.1, 0.15) is 29.9 Å². The Kier molecular flexibility index (Phi) is 3.69. The number of nitrogen functional groups attached to an aromatic ring is 1. The lowest BCUT2D eigenvalue weighted by Gasteiger charge is -2.28. The molecule has 1 aromatic rings. The van der Waals surface area contributed by atoms with Gasteiger partial charge in [-0.3, -0.25) is 4.79 Å². The average Bonchev–Trinajstić information content (AvgIpc) is 2.84. The number of nitrogens with zero attached hydrogens (tertiary/aromatic N) is 2. The van der Waals surface area contributed by atoms with Crippen molar-refractivity contribution in [3.63, 3.8) is 0 Å². The number of aromatic nitrogens is 1. The molecule has 0 spiro atoms. The second kappa shape index (κ2) is 4.97. The number of rotatable bonds is 3. The zero-order chi connectivity index (χ0) is 14.2. The Morgan fingerprint density at radius 1 is 1.63 bits per heavy atom. The number of hydrogen-bond donors (Lipinski definition) is 2. The molecule has 1 fully saturated rings. The minimum Gasteiger partial charge on any atom is -0.382 e. The molecule has 0 saturated carbocycles. The minimum absolute atomic E-state index is 0.00100. The van der Waals surface area contributed by atoms with E-state index in [2.05, 4.69) is 10.3 Å². The van der Waals surface area contributed by atoms with E-state index in [9.17, 15) is 4.79 Å². The van der Waals surface area contributed by atoms with Crippen molar-refractivity contribution >= 4 is 28.2 Å². The monoisotopic (exact) mass is 284 g/mol. The number of amides is 1. The summed E-state index contributed by atoms with van der Waals surface area (Å²) in [5.74, 6) is 0.101. The fraction of sp³-hybridized carbons (Fsp3) is 0.667. The van der Waals surface area contributed by atoms with Crippen molar-refractivity contribution in [2.24, 2.45) is 0 Å². The van der Waals surface area contributed by atoms with Gasteiger partial charge in [-0.2, -0.15) is 0 Å². The summed E-state index contributed by atoms with van der Waals surface area (Å²) < 4.78 is 5.51. The van der Waals surface area contributed by atoms with E-state index in [0.29, 0.717) is 11.5 Å². The summed E-state index contributed by atoms with van der Waals surface area (Å²) in [7, 11) is 3.74. The van der Waals surface area contributed by atoms with Crippen LogP contribution in [0.2, 0.25) is 0 Å². The van der Waals surface area contributed by atoms with Crippen LogP contribution in [0.3, 0.4) is 0 Å². The molecule has 19 heavy (non-hydrogen) atoms. The van der Waals surface area contributed by atoms with Gasteiger partial charge < -0.3 is 20.7 Å². The van der Waals surface area contributed by atoms with Crippen LogP contribution in [0.4, 0.5) is 10.9 Å². The van der Waals surface area contributed by atoms with E-state index >= 15 is 0 Å². The van der Waals surface area contributed by atoms with E-state index in [0.717, 1.165) is 11.6 Å². The molecule has 1 aliphatic rings. The zero-order valence-electron chi connectivity index (χ0n) is 11.7. The fourth-order valence-electron chi connectivity index (χ4n) is 1.99. The average molecular weight is 284 g/mol. The van der Waals surface area contributed by atoms with Gasteiger partial charge in [-0.25, -0.2) is 4.98 Å². The van der Waals surface area contributed by atoms with Crippen LogP contribution >= 0.6 is 11.3 Å². The van der Waals surface area contributed by atoms with E-state index in [1.54, 1.807) is 0 Å². The summed E-state index contributed by atoms with van der Waals surface area (Å²) in [5, 5.41) is 3.75. The van der Waals surface area contributed by atoms with Crippen LogP contribution in [0.5, 0.6) is 0 Å². The molecule has 3 N–H and O–H groups in total. The molecule has 106 valence electrons. The predicted molar refractivity (Wildman–Crippen MR) is 76.8 cm³/mol. The molecule has 1 aromatic heterocycles. The molecular formula is C12H20N4O2S. The summed E-state index contributed by atoms with van der Waals surface area (Å²) in [4.78, 5) is 18.8. The Bertz CT molecular complexity index is 488. The second-order valence-electron chi connectivity index (χ2n) is 5.24. The molecule has 2 atom stereocenters. The Morgan fingerprint density at radius 3 is 2.79 bits per heavy atom. The highest BCUT2D eigenvalue weighted by atomic mass is 32.1. The lowest BCUT2D eigenvalue weighted by atomic mass is 9.94. The number of carbonyl (C=O) groups excluding carboxylic acids is 1. The van der Waals surface area contributed by atoms with Crippen molar-refractivity contribution < 1.29 is 9.53 Å². The highest BCUT2D eigenvalue weighted by molar-refractivity contribution is 7.18. The molecule has 0 aromatic carbocycles. The van der Waals surface area contributed by atoms with E-state index in [4.69, 9.17) is 10.5 Å². The first-order chi connectivity index (χ1) is 8.83. The Hall–Kier alpha value is -1.34. The predicted octanol–water partition coefficient (Wildman–Crippen LogP) is 1.09. The molecule has 6 nitrogen and oxygen atoms in total. The molecule has 1 aliphatic heterocycles. The van der Waals surface area contributed by atoms with Crippen molar-refractivity contribution in [3.05, 3.63) is 4.88 Å². The quantitative estimate of drug-likeness (QED) is 0.868. The maximum atomic E-state index is 12.3. The SMILES string of the molecule is CC1OCCC1(C)NC(=O)c1sc(N(C)C)nc1N. The zero-order valence-corrected chi connectivity index (χ0v) is 12.5. The van der Waals surface area contributed by atoms with Gasteiger partial charge in [0, 0.05) is 20.7 Å². The molecule has 0 radical (unpaired) electrons. The topological polar surface area (TPSA) is 80.5 Å². The van der Waals surface area contributed by atoms with E-state index in [-0.39, 0.29) is 23.4 Å². The lowest BCUT2D eigenvalue weighted by Crippen LogP contribution is -2.50. The Labute approximate surface area is 116 Å². The largest absolute Gasteiger partial charge is 0.382 e. The van der Waals surface area contributed by atoms with Gasteiger partial charge in [0.1, 0.15) is 10.7 Å².